The molecule has 2 atom stereocenters. The molecule has 2 aliphatic rings. The van der Waals surface area contributed by atoms with Gasteiger partial charge in [-0.05, 0) is 49.8 Å². The van der Waals surface area contributed by atoms with Crippen LogP contribution < -0.4 is 4.90 Å². The normalized spacial score (nSPS) is 24.5. The van der Waals surface area contributed by atoms with Crippen LogP contribution in [0.25, 0.3) is 0 Å². The SMILES string of the molecule is CN(C)c1cccc(C2CCCN2C(=O)C2CC=CCC2)c1. The van der Waals surface area contributed by atoms with Crippen molar-refractivity contribution in [2.24, 2.45) is 5.92 Å². The quantitative estimate of drug-likeness (QED) is 0.793. The summed E-state index contributed by atoms with van der Waals surface area (Å²) in [5, 5.41) is 0. The van der Waals surface area contributed by atoms with Gasteiger partial charge in [-0.3, -0.25) is 4.79 Å². The van der Waals surface area contributed by atoms with E-state index < -0.39 is 0 Å². The van der Waals surface area contributed by atoms with Crippen molar-refractivity contribution in [3.8, 4) is 0 Å². The van der Waals surface area contributed by atoms with Crippen LogP contribution in [0.15, 0.2) is 36.4 Å². The molecule has 3 rings (SSSR count). The minimum atomic E-state index is 0.197. The Balaban J connectivity index is 1.79. The number of rotatable bonds is 3. The predicted molar refractivity (Wildman–Crippen MR) is 90.9 cm³/mol. The number of nitrogens with zero attached hydrogens (tertiary/aromatic N) is 2. The van der Waals surface area contributed by atoms with Crippen LogP contribution in [-0.4, -0.2) is 31.4 Å². The van der Waals surface area contributed by atoms with E-state index in [0.717, 1.165) is 38.6 Å². The van der Waals surface area contributed by atoms with Gasteiger partial charge in [0.15, 0.2) is 0 Å². The summed E-state index contributed by atoms with van der Waals surface area (Å²) in [6.07, 6.45) is 9.55. The van der Waals surface area contributed by atoms with E-state index in [1.54, 1.807) is 0 Å². The van der Waals surface area contributed by atoms with Crippen LogP contribution in [0, 0.1) is 5.92 Å². The van der Waals surface area contributed by atoms with Gasteiger partial charge in [0.05, 0.1) is 6.04 Å². The molecule has 1 saturated heterocycles. The van der Waals surface area contributed by atoms with Crippen molar-refractivity contribution in [3.63, 3.8) is 0 Å². The van der Waals surface area contributed by atoms with E-state index in [2.05, 4.69) is 60.3 Å². The monoisotopic (exact) mass is 298 g/mol. The smallest absolute Gasteiger partial charge is 0.226 e. The van der Waals surface area contributed by atoms with Gasteiger partial charge in [0.2, 0.25) is 5.91 Å². The fourth-order valence-corrected chi connectivity index (χ4v) is 3.64. The van der Waals surface area contributed by atoms with Crippen LogP contribution >= 0.6 is 0 Å². The van der Waals surface area contributed by atoms with Gasteiger partial charge in [0.1, 0.15) is 0 Å². The first-order chi connectivity index (χ1) is 10.7. The summed E-state index contributed by atoms with van der Waals surface area (Å²) < 4.78 is 0. The first kappa shape index (κ1) is 15.1. The van der Waals surface area contributed by atoms with Crippen molar-refractivity contribution in [2.75, 3.05) is 25.5 Å². The Labute approximate surface area is 133 Å². The van der Waals surface area contributed by atoms with Gasteiger partial charge in [-0.1, -0.05) is 24.3 Å². The third-order valence-corrected chi connectivity index (χ3v) is 4.93. The predicted octanol–water partition coefficient (Wildman–Crippen LogP) is 3.77. The molecule has 1 heterocycles. The van der Waals surface area contributed by atoms with Crippen molar-refractivity contribution < 1.29 is 4.79 Å². The van der Waals surface area contributed by atoms with Crippen LogP contribution in [0.5, 0.6) is 0 Å². The van der Waals surface area contributed by atoms with Gasteiger partial charge in [-0.25, -0.2) is 0 Å². The maximum atomic E-state index is 12.9. The number of carbonyl (C=O) groups is 1. The molecule has 1 aromatic carbocycles. The fourth-order valence-electron chi connectivity index (χ4n) is 3.64. The first-order valence-electron chi connectivity index (χ1n) is 8.39. The summed E-state index contributed by atoms with van der Waals surface area (Å²) in [6.45, 7) is 0.913. The van der Waals surface area contributed by atoms with Crippen molar-refractivity contribution >= 4 is 11.6 Å². The number of amides is 1. The lowest BCUT2D eigenvalue weighted by atomic mass is 9.92. The minimum Gasteiger partial charge on any atom is -0.378 e. The summed E-state index contributed by atoms with van der Waals surface area (Å²) >= 11 is 0. The van der Waals surface area contributed by atoms with Gasteiger partial charge in [0, 0.05) is 32.2 Å². The standard InChI is InChI=1S/C19H26N2O/c1-20(2)17-11-6-10-16(14-17)18-12-7-13-21(18)19(22)15-8-4-3-5-9-15/h3-4,6,10-11,14-15,18H,5,7-9,12-13H2,1-2H3. The Morgan fingerprint density at radius 1 is 1.23 bits per heavy atom. The molecule has 118 valence electrons. The molecule has 0 N–H and O–H groups in total. The Morgan fingerprint density at radius 2 is 2.09 bits per heavy atom. The first-order valence-corrected chi connectivity index (χ1v) is 8.39. The zero-order valence-electron chi connectivity index (χ0n) is 13.7. The van der Waals surface area contributed by atoms with E-state index in [9.17, 15) is 4.79 Å². The lowest BCUT2D eigenvalue weighted by Gasteiger charge is -2.30. The molecular weight excluding hydrogens is 272 g/mol. The van der Waals surface area contributed by atoms with Crippen LogP contribution in [0.3, 0.4) is 0 Å². The Morgan fingerprint density at radius 3 is 2.82 bits per heavy atom. The highest BCUT2D eigenvalue weighted by Crippen LogP contribution is 2.35. The molecule has 1 amide bonds. The number of anilines is 1. The van der Waals surface area contributed by atoms with E-state index in [4.69, 9.17) is 0 Å². The molecule has 3 nitrogen and oxygen atoms in total. The zero-order valence-corrected chi connectivity index (χ0v) is 13.7. The summed E-state index contributed by atoms with van der Waals surface area (Å²) in [5.41, 5.74) is 2.49. The Hall–Kier alpha value is -1.77. The second kappa shape index (κ2) is 6.55. The molecule has 1 aromatic rings. The van der Waals surface area contributed by atoms with E-state index in [-0.39, 0.29) is 12.0 Å². The number of allylic oxidation sites excluding steroid dienone is 2. The molecule has 0 aromatic heterocycles. The Kier molecular flexibility index (Phi) is 4.51. The van der Waals surface area contributed by atoms with Crippen molar-refractivity contribution in [3.05, 3.63) is 42.0 Å². The summed E-state index contributed by atoms with van der Waals surface area (Å²) in [5.74, 6) is 0.560. The van der Waals surface area contributed by atoms with Crippen molar-refractivity contribution in [1.29, 1.82) is 0 Å². The molecular formula is C19H26N2O. The molecule has 1 aliphatic heterocycles. The average Bonchev–Trinajstić information content (AvgIpc) is 3.04. The van der Waals surface area contributed by atoms with Crippen LogP contribution in [0.1, 0.15) is 43.7 Å². The molecule has 22 heavy (non-hydrogen) atoms. The second-order valence-corrected chi connectivity index (χ2v) is 6.66. The topological polar surface area (TPSA) is 23.6 Å². The minimum absolute atomic E-state index is 0.197. The van der Waals surface area contributed by atoms with E-state index in [1.165, 1.54) is 11.3 Å². The fraction of sp³-hybridized carbons (Fsp3) is 0.526. The van der Waals surface area contributed by atoms with Crippen molar-refractivity contribution in [1.82, 2.24) is 4.90 Å². The maximum Gasteiger partial charge on any atom is 0.226 e. The molecule has 0 radical (unpaired) electrons. The van der Waals surface area contributed by atoms with E-state index in [0.29, 0.717) is 5.91 Å². The van der Waals surface area contributed by atoms with E-state index >= 15 is 0 Å². The van der Waals surface area contributed by atoms with E-state index in [1.807, 2.05) is 0 Å². The van der Waals surface area contributed by atoms with Gasteiger partial charge in [-0.2, -0.15) is 0 Å². The lowest BCUT2D eigenvalue weighted by Crippen LogP contribution is -2.36. The van der Waals surface area contributed by atoms with Gasteiger partial charge < -0.3 is 9.80 Å². The lowest BCUT2D eigenvalue weighted by molar-refractivity contribution is -0.136. The number of likely N-dealkylation sites (tertiary alicyclic amines) is 1. The summed E-state index contributed by atoms with van der Waals surface area (Å²) in [7, 11) is 4.12. The van der Waals surface area contributed by atoms with Crippen LogP contribution in [-0.2, 0) is 4.79 Å². The Bertz CT molecular complexity index is 564. The summed E-state index contributed by atoms with van der Waals surface area (Å²) in [6, 6.07) is 8.89. The molecule has 1 fully saturated rings. The van der Waals surface area contributed by atoms with Crippen molar-refractivity contribution in [2.45, 2.75) is 38.1 Å². The molecule has 0 spiro atoms. The number of hydrogen-bond donors (Lipinski definition) is 0. The number of carbonyl (C=O) groups excluding carboxylic acids is 1. The number of hydrogen-bond acceptors (Lipinski definition) is 2. The largest absolute Gasteiger partial charge is 0.378 e. The van der Waals surface area contributed by atoms with Gasteiger partial charge >= 0.3 is 0 Å². The number of benzene rings is 1. The highest BCUT2D eigenvalue weighted by Gasteiger charge is 2.33. The summed E-state index contributed by atoms with van der Waals surface area (Å²) in [4.78, 5) is 17.1. The van der Waals surface area contributed by atoms with Crippen LogP contribution in [0.2, 0.25) is 0 Å². The van der Waals surface area contributed by atoms with Gasteiger partial charge in [0.25, 0.3) is 0 Å². The molecule has 3 heteroatoms. The maximum absolute atomic E-state index is 12.9. The zero-order chi connectivity index (χ0) is 15.5. The molecule has 0 bridgehead atoms. The van der Waals surface area contributed by atoms with Crippen LogP contribution in [0.4, 0.5) is 5.69 Å². The second-order valence-electron chi connectivity index (χ2n) is 6.66. The molecule has 1 aliphatic carbocycles. The van der Waals surface area contributed by atoms with Gasteiger partial charge in [-0.15, -0.1) is 0 Å². The molecule has 0 saturated carbocycles. The molecule has 2 unspecified atom stereocenters. The third kappa shape index (κ3) is 3.03. The highest BCUT2D eigenvalue weighted by atomic mass is 16.2. The highest BCUT2D eigenvalue weighted by molar-refractivity contribution is 5.80. The third-order valence-electron chi connectivity index (χ3n) is 4.93. The average molecular weight is 298 g/mol.